The summed E-state index contributed by atoms with van der Waals surface area (Å²) in [6, 6.07) is 7.67. The van der Waals surface area contributed by atoms with Gasteiger partial charge in [0.25, 0.3) is 5.56 Å². The number of ether oxygens (including phenoxy) is 2. The van der Waals surface area contributed by atoms with E-state index < -0.39 is 17.8 Å². The minimum absolute atomic E-state index is 0.0807. The molecule has 6 rings (SSSR count). The SMILES string of the molecule is COc1cc(-c2cn(C)c(=O)c3[nH]ncc23)cc(OC)c1CN1CCN(C(=O)Cc2ccc(NC3CCC(=O)NC3=O)cc2F)CC1. The van der Waals surface area contributed by atoms with E-state index in [-0.39, 0.29) is 35.8 Å². The first-order valence-corrected chi connectivity index (χ1v) is 15.3. The highest BCUT2D eigenvalue weighted by molar-refractivity contribution is 6.01. The third kappa shape index (κ3) is 6.54. The molecule has 0 aliphatic carbocycles. The number of nitrogens with one attached hydrogen (secondary N) is 3. The number of piperidine rings is 1. The number of anilines is 1. The van der Waals surface area contributed by atoms with Crippen LogP contribution >= 0.6 is 0 Å². The van der Waals surface area contributed by atoms with E-state index in [1.54, 1.807) is 50.7 Å². The number of piperazine rings is 1. The van der Waals surface area contributed by atoms with Gasteiger partial charge in [-0.3, -0.25) is 34.5 Å². The van der Waals surface area contributed by atoms with E-state index >= 15 is 0 Å². The number of halogens is 1. The van der Waals surface area contributed by atoms with Crippen molar-refractivity contribution >= 4 is 34.3 Å². The highest BCUT2D eigenvalue weighted by Crippen LogP contribution is 2.37. The van der Waals surface area contributed by atoms with E-state index in [2.05, 4.69) is 25.7 Å². The molecule has 13 nitrogen and oxygen atoms in total. The molecule has 1 atom stereocenters. The molecule has 2 aromatic carbocycles. The second-order valence-electron chi connectivity index (χ2n) is 11.8. The summed E-state index contributed by atoms with van der Waals surface area (Å²) < 4.78 is 28.1. The number of hydrogen-bond acceptors (Lipinski definition) is 9. The molecule has 3 N–H and O–H groups in total. The smallest absolute Gasteiger partial charge is 0.276 e. The van der Waals surface area contributed by atoms with E-state index in [9.17, 15) is 23.6 Å². The Kier molecular flexibility index (Phi) is 8.94. The van der Waals surface area contributed by atoms with Crippen molar-refractivity contribution in [1.29, 1.82) is 0 Å². The van der Waals surface area contributed by atoms with E-state index in [0.29, 0.717) is 67.2 Å². The van der Waals surface area contributed by atoms with Crippen LogP contribution in [0.3, 0.4) is 0 Å². The van der Waals surface area contributed by atoms with Crippen LogP contribution in [0.1, 0.15) is 24.0 Å². The van der Waals surface area contributed by atoms with Gasteiger partial charge in [-0.2, -0.15) is 5.10 Å². The molecule has 2 aliphatic rings. The second kappa shape index (κ2) is 13.2. The predicted molar refractivity (Wildman–Crippen MR) is 172 cm³/mol. The molecule has 246 valence electrons. The number of aryl methyl sites for hydroxylation is 1. The fourth-order valence-corrected chi connectivity index (χ4v) is 6.14. The number of rotatable bonds is 9. The third-order valence-corrected chi connectivity index (χ3v) is 8.79. The van der Waals surface area contributed by atoms with Crippen LogP contribution in [0.5, 0.6) is 11.5 Å². The lowest BCUT2D eigenvalue weighted by Gasteiger charge is -2.35. The molecule has 1 unspecified atom stereocenters. The summed E-state index contributed by atoms with van der Waals surface area (Å²) in [5.74, 6) is -0.201. The third-order valence-electron chi connectivity index (χ3n) is 8.79. The first-order valence-electron chi connectivity index (χ1n) is 15.3. The number of carbonyl (C=O) groups excluding carboxylic acids is 3. The Morgan fingerprint density at radius 2 is 1.79 bits per heavy atom. The first kappa shape index (κ1) is 31.7. The molecule has 3 amide bonds. The monoisotopic (exact) mass is 645 g/mol. The van der Waals surface area contributed by atoms with Gasteiger partial charge in [0.15, 0.2) is 0 Å². The largest absolute Gasteiger partial charge is 0.496 e. The van der Waals surface area contributed by atoms with Gasteiger partial charge >= 0.3 is 0 Å². The lowest BCUT2D eigenvalue weighted by molar-refractivity contribution is -0.134. The van der Waals surface area contributed by atoms with Crippen LogP contribution in [0.4, 0.5) is 10.1 Å². The summed E-state index contributed by atoms with van der Waals surface area (Å²) in [7, 11) is 4.89. The molecule has 14 heteroatoms. The molecule has 4 heterocycles. The minimum Gasteiger partial charge on any atom is -0.496 e. The molecule has 2 aliphatic heterocycles. The first-order chi connectivity index (χ1) is 22.6. The fraction of sp³-hybridized carbons (Fsp3) is 0.364. The van der Waals surface area contributed by atoms with Crippen LogP contribution in [0.2, 0.25) is 0 Å². The van der Waals surface area contributed by atoms with Crippen LogP contribution in [0.25, 0.3) is 22.0 Å². The van der Waals surface area contributed by atoms with Crippen LogP contribution in [0.15, 0.2) is 47.5 Å². The molecule has 4 aromatic rings. The number of aromatic nitrogens is 3. The van der Waals surface area contributed by atoms with E-state index in [1.165, 1.54) is 10.6 Å². The van der Waals surface area contributed by atoms with Crippen LogP contribution in [-0.2, 0) is 34.4 Å². The van der Waals surface area contributed by atoms with Crippen molar-refractivity contribution < 1.29 is 28.2 Å². The number of carbonyl (C=O) groups is 3. The van der Waals surface area contributed by atoms with Gasteiger partial charge < -0.3 is 24.3 Å². The number of H-pyrrole nitrogens is 1. The molecule has 0 radical (unpaired) electrons. The normalized spacial score (nSPS) is 17.1. The molecular formula is C33H36FN7O6. The van der Waals surface area contributed by atoms with E-state index in [1.807, 2.05) is 12.1 Å². The fourth-order valence-electron chi connectivity index (χ4n) is 6.14. The average molecular weight is 646 g/mol. The number of nitrogens with zero attached hydrogens (tertiary/aromatic N) is 4. The Labute approximate surface area is 269 Å². The average Bonchev–Trinajstić information content (AvgIpc) is 3.56. The van der Waals surface area contributed by atoms with Crippen LogP contribution in [0, 0.1) is 5.82 Å². The molecule has 2 fully saturated rings. The second-order valence-corrected chi connectivity index (χ2v) is 11.8. The summed E-state index contributed by atoms with van der Waals surface area (Å²) in [6.45, 7) is 2.70. The number of amides is 3. The number of pyridine rings is 1. The zero-order chi connectivity index (χ0) is 33.2. The van der Waals surface area contributed by atoms with Crippen molar-refractivity contribution in [3.8, 4) is 22.6 Å². The van der Waals surface area contributed by atoms with Gasteiger partial charge in [-0.25, -0.2) is 4.39 Å². The number of hydrogen-bond donors (Lipinski definition) is 3. The van der Waals surface area contributed by atoms with Gasteiger partial charge in [-0.1, -0.05) is 6.07 Å². The van der Waals surface area contributed by atoms with Gasteiger partial charge in [0.1, 0.15) is 28.9 Å². The van der Waals surface area contributed by atoms with Gasteiger partial charge in [0, 0.05) is 69.0 Å². The summed E-state index contributed by atoms with van der Waals surface area (Å²) in [4.78, 5) is 53.0. The maximum Gasteiger partial charge on any atom is 0.276 e. The Morgan fingerprint density at radius 3 is 2.45 bits per heavy atom. The number of imide groups is 1. The van der Waals surface area contributed by atoms with Gasteiger partial charge in [0.2, 0.25) is 17.7 Å². The molecule has 2 aromatic heterocycles. The summed E-state index contributed by atoms with van der Waals surface area (Å²) in [5.41, 5.74) is 3.41. The zero-order valence-corrected chi connectivity index (χ0v) is 26.4. The van der Waals surface area contributed by atoms with Crippen molar-refractivity contribution in [2.24, 2.45) is 7.05 Å². The summed E-state index contributed by atoms with van der Waals surface area (Å²) in [5, 5.41) is 12.8. The van der Waals surface area contributed by atoms with Crippen molar-refractivity contribution in [1.82, 2.24) is 29.9 Å². The zero-order valence-electron chi connectivity index (χ0n) is 26.4. The van der Waals surface area contributed by atoms with Crippen molar-refractivity contribution in [3.63, 3.8) is 0 Å². The molecule has 0 saturated carbocycles. The van der Waals surface area contributed by atoms with Gasteiger partial charge in [-0.15, -0.1) is 0 Å². The number of aromatic amines is 1. The van der Waals surface area contributed by atoms with E-state index in [4.69, 9.17) is 9.47 Å². The Hall–Kier alpha value is -5.24. The lowest BCUT2D eigenvalue weighted by atomic mass is 10.00. The summed E-state index contributed by atoms with van der Waals surface area (Å²) in [6.07, 6.45) is 3.86. The number of methoxy groups -OCH3 is 2. The van der Waals surface area contributed by atoms with Crippen LogP contribution in [-0.4, -0.2) is 88.7 Å². The number of fused-ring (bicyclic) bond motifs is 1. The molecule has 0 spiro atoms. The van der Waals surface area contributed by atoms with Gasteiger partial charge in [0.05, 0.1) is 32.4 Å². The standard InChI is InChI=1S/C33H36FN7O6/c1-39-17-23(22-16-35-38-31(22)33(39)45)20-12-27(46-2)24(28(13-20)47-3)18-40-8-10-41(11-9-40)30(43)14-19-4-5-21(15-25(19)34)36-26-6-7-29(42)37-32(26)44/h4-5,12-13,15-17,26,36H,6-11,14,18H2,1-3H3,(H,35,38)(H,37,42,44). The lowest BCUT2D eigenvalue weighted by Crippen LogP contribution is -2.48. The van der Waals surface area contributed by atoms with Crippen molar-refractivity contribution in [2.75, 3.05) is 45.7 Å². The molecular weight excluding hydrogens is 609 g/mol. The Bertz CT molecular complexity index is 1890. The molecule has 0 bridgehead atoms. The maximum atomic E-state index is 15.0. The minimum atomic E-state index is -0.623. The van der Waals surface area contributed by atoms with Crippen molar-refractivity contribution in [3.05, 3.63) is 70.0 Å². The predicted octanol–water partition coefficient (Wildman–Crippen LogP) is 2.19. The Balaban J connectivity index is 1.09. The Morgan fingerprint density at radius 1 is 1.06 bits per heavy atom. The van der Waals surface area contributed by atoms with E-state index in [0.717, 1.165) is 16.7 Å². The summed E-state index contributed by atoms with van der Waals surface area (Å²) >= 11 is 0. The highest BCUT2D eigenvalue weighted by Gasteiger charge is 2.27. The molecule has 2 saturated heterocycles. The van der Waals surface area contributed by atoms with Crippen LogP contribution < -0.4 is 25.7 Å². The maximum absolute atomic E-state index is 15.0. The van der Waals surface area contributed by atoms with Gasteiger partial charge in [-0.05, 0) is 41.8 Å². The highest BCUT2D eigenvalue weighted by atomic mass is 19.1. The number of benzene rings is 2. The molecule has 47 heavy (non-hydrogen) atoms. The quantitative estimate of drug-likeness (QED) is 0.233. The topological polar surface area (TPSA) is 151 Å². The van der Waals surface area contributed by atoms with Crippen molar-refractivity contribution in [2.45, 2.75) is 31.8 Å².